The standard InChI is InChI=1S/C18H21BrN2O3/c1-23-13-7-5-6-12(10-13)21-11-16(19)17(20-21)14-8-3-4-9-15(14)18(22)24-2/h5-7,10-11,14-15H,3-4,8-9H2,1-2H3. The Labute approximate surface area is 150 Å². The van der Waals surface area contributed by atoms with Gasteiger partial charge in [-0.05, 0) is 40.9 Å². The number of aromatic nitrogens is 2. The van der Waals surface area contributed by atoms with Crippen LogP contribution >= 0.6 is 15.9 Å². The van der Waals surface area contributed by atoms with Gasteiger partial charge in [-0.3, -0.25) is 4.79 Å². The minimum atomic E-state index is -0.137. The van der Waals surface area contributed by atoms with Gasteiger partial charge in [0.2, 0.25) is 0 Å². The van der Waals surface area contributed by atoms with Gasteiger partial charge in [-0.25, -0.2) is 4.68 Å². The van der Waals surface area contributed by atoms with Crippen molar-refractivity contribution in [1.82, 2.24) is 9.78 Å². The Balaban J connectivity index is 1.94. The number of esters is 1. The topological polar surface area (TPSA) is 53.3 Å². The van der Waals surface area contributed by atoms with Crippen LogP contribution in [0.5, 0.6) is 5.75 Å². The van der Waals surface area contributed by atoms with E-state index >= 15 is 0 Å². The van der Waals surface area contributed by atoms with Crippen molar-refractivity contribution in [3.05, 3.63) is 40.6 Å². The molecule has 2 atom stereocenters. The van der Waals surface area contributed by atoms with Gasteiger partial charge in [0.15, 0.2) is 0 Å². The number of ether oxygens (including phenoxy) is 2. The molecule has 128 valence electrons. The molecular weight excluding hydrogens is 372 g/mol. The Morgan fingerprint density at radius 1 is 1.29 bits per heavy atom. The summed E-state index contributed by atoms with van der Waals surface area (Å²) in [6, 6.07) is 7.74. The van der Waals surface area contributed by atoms with Crippen molar-refractivity contribution >= 4 is 21.9 Å². The molecule has 1 aromatic carbocycles. The summed E-state index contributed by atoms with van der Waals surface area (Å²) in [5.41, 5.74) is 1.85. The summed E-state index contributed by atoms with van der Waals surface area (Å²) in [4.78, 5) is 12.1. The second kappa shape index (κ2) is 7.38. The number of nitrogens with zero attached hydrogens (tertiary/aromatic N) is 2. The molecule has 0 aliphatic heterocycles. The SMILES string of the molecule is COC(=O)C1CCCCC1c1nn(-c2cccc(OC)c2)cc1Br. The molecule has 1 aliphatic carbocycles. The summed E-state index contributed by atoms with van der Waals surface area (Å²) in [5.74, 6) is 0.620. The van der Waals surface area contributed by atoms with Crippen LogP contribution in [0, 0.1) is 5.92 Å². The van der Waals surface area contributed by atoms with Gasteiger partial charge in [-0.1, -0.05) is 18.9 Å². The van der Waals surface area contributed by atoms with E-state index in [1.54, 1.807) is 7.11 Å². The summed E-state index contributed by atoms with van der Waals surface area (Å²) in [6.07, 6.45) is 5.91. The zero-order valence-corrected chi connectivity index (χ0v) is 15.5. The number of rotatable bonds is 4. The second-order valence-corrected chi connectivity index (χ2v) is 6.88. The van der Waals surface area contributed by atoms with E-state index in [1.807, 2.05) is 35.1 Å². The number of carbonyl (C=O) groups is 1. The molecule has 0 N–H and O–H groups in total. The quantitative estimate of drug-likeness (QED) is 0.735. The molecule has 0 spiro atoms. The maximum absolute atomic E-state index is 12.1. The maximum atomic E-state index is 12.1. The van der Waals surface area contributed by atoms with Gasteiger partial charge < -0.3 is 9.47 Å². The molecule has 2 unspecified atom stereocenters. The smallest absolute Gasteiger partial charge is 0.309 e. The summed E-state index contributed by atoms with van der Waals surface area (Å²) < 4.78 is 13.0. The molecule has 1 aromatic heterocycles. The second-order valence-electron chi connectivity index (χ2n) is 6.03. The molecule has 3 rings (SSSR count). The average Bonchev–Trinajstić information content (AvgIpc) is 3.02. The Kier molecular flexibility index (Phi) is 5.23. The molecule has 24 heavy (non-hydrogen) atoms. The molecule has 5 nitrogen and oxygen atoms in total. The molecular formula is C18H21BrN2O3. The molecule has 2 aromatic rings. The monoisotopic (exact) mass is 392 g/mol. The number of halogens is 1. The predicted molar refractivity (Wildman–Crippen MR) is 94.5 cm³/mol. The third-order valence-corrected chi connectivity index (χ3v) is 5.25. The van der Waals surface area contributed by atoms with E-state index < -0.39 is 0 Å². The van der Waals surface area contributed by atoms with Gasteiger partial charge in [0.05, 0.1) is 36.0 Å². The van der Waals surface area contributed by atoms with Crippen molar-refractivity contribution < 1.29 is 14.3 Å². The van der Waals surface area contributed by atoms with Crippen molar-refractivity contribution in [3.8, 4) is 11.4 Å². The predicted octanol–water partition coefficient (Wildman–Crippen LogP) is 4.09. The molecule has 1 heterocycles. The van der Waals surface area contributed by atoms with Crippen molar-refractivity contribution in [3.63, 3.8) is 0 Å². The molecule has 6 heteroatoms. The fourth-order valence-corrected chi connectivity index (χ4v) is 3.96. The molecule has 0 radical (unpaired) electrons. The lowest BCUT2D eigenvalue weighted by molar-refractivity contribution is -0.147. The first-order valence-electron chi connectivity index (χ1n) is 8.11. The van der Waals surface area contributed by atoms with Crippen molar-refractivity contribution in [2.24, 2.45) is 5.92 Å². The fraction of sp³-hybridized carbons (Fsp3) is 0.444. The van der Waals surface area contributed by atoms with Gasteiger partial charge >= 0.3 is 5.97 Å². The molecule has 0 saturated heterocycles. The zero-order chi connectivity index (χ0) is 17.1. The number of benzene rings is 1. The first kappa shape index (κ1) is 17.0. The van der Waals surface area contributed by atoms with Crippen LogP contribution in [0.15, 0.2) is 34.9 Å². The van der Waals surface area contributed by atoms with Crippen molar-refractivity contribution in [2.75, 3.05) is 14.2 Å². The number of methoxy groups -OCH3 is 2. The third-order valence-electron chi connectivity index (χ3n) is 4.63. The van der Waals surface area contributed by atoms with Crippen LogP contribution in [0.4, 0.5) is 0 Å². The number of hydrogen-bond acceptors (Lipinski definition) is 4. The van der Waals surface area contributed by atoms with E-state index in [0.29, 0.717) is 0 Å². The lowest BCUT2D eigenvalue weighted by Gasteiger charge is -2.28. The van der Waals surface area contributed by atoms with Gasteiger partial charge in [0, 0.05) is 18.2 Å². The van der Waals surface area contributed by atoms with Crippen LogP contribution in [-0.2, 0) is 9.53 Å². The van der Waals surface area contributed by atoms with E-state index in [1.165, 1.54) is 7.11 Å². The molecule has 1 aliphatic rings. The Hall–Kier alpha value is -1.82. The third kappa shape index (κ3) is 3.34. The van der Waals surface area contributed by atoms with E-state index in [2.05, 4.69) is 15.9 Å². The lowest BCUT2D eigenvalue weighted by atomic mass is 9.77. The summed E-state index contributed by atoms with van der Waals surface area (Å²) in [5, 5.41) is 4.75. The number of hydrogen-bond donors (Lipinski definition) is 0. The van der Waals surface area contributed by atoms with Gasteiger partial charge in [-0.2, -0.15) is 5.10 Å². The normalized spacial score (nSPS) is 20.6. The van der Waals surface area contributed by atoms with E-state index in [-0.39, 0.29) is 17.8 Å². The van der Waals surface area contributed by atoms with Gasteiger partial charge in [0.25, 0.3) is 0 Å². The highest BCUT2D eigenvalue weighted by atomic mass is 79.9. The average molecular weight is 393 g/mol. The van der Waals surface area contributed by atoms with Crippen LogP contribution < -0.4 is 4.74 Å². The summed E-state index contributed by atoms with van der Waals surface area (Å²) in [6.45, 7) is 0. The first-order chi connectivity index (χ1) is 11.6. The highest BCUT2D eigenvalue weighted by Crippen LogP contribution is 2.40. The Morgan fingerprint density at radius 3 is 2.83 bits per heavy atom. The fourth-order valence-electron chi connectivity index (χ4n) is 3.39. The van der Waals surface area contributed by atoms with Crippen molar-refractivity contribution in [1.29, 1.82) is 0 Å². The Bertz CT molecular complexity index is 729. The zero-order valence-electron chi connectivity index (χ0n) is 13.9. The van der Waals surface area contributed by atoms with E-state index in [9.17, 15) is 4.79 Å². The van der Waals surface area contributed by atoms with Crippen LogP contribution in [0.3, 0.4) is 0 Å². The first-order valence-corrected chi connectivity index (χ1v) is 8.90. The van der Waals surface area contributed by atoms with E-state index in [4.69, 9.17) is 14.6 Å². The minimum absolute atomic E-state index is 0.0902. The van der Waals surface area contributed by atoms with Crippen molar-refractivity contribution in [2.45, 2.75) is 31.6 Å². The van der Waals surface area contributed by atoms with Crippen LogP contribution in [0.25, 0.3) is 5.69 Å². The molecule has 0 amide bonds. The summed E-state index contributed by atoms with van der Waals surface area (Å²) in [7, 11) is 3.10. The van der Waals surface area contributed by atoms with Gasteiger partial charge in [-0.15, -0.1) is 0 Å². The largest absolute Gasteiger partial charge is 0.497 e. The lowest BCUT2D eigenvalue weighted by Crippen LogP contribution is -2.27. The van der Waals surface area contributed by atoms with Crippen LogP contribution in [-0.4, -0.2) is 30.0 Å². The van der Waals surface area contributed by atoms with Crippen LogP contribution in [0.2, 0.25) is 0 Å². The summed E-state index contributed by atoms with van der Waals surface area (Å²) >= 11 is 3.62. The highest BCUT2D eigenvalue weighted by Gasteiger charge is 2.35. The minimum Gasteiger partial charge on any atom is -0.497 e. The molecule has 0 bridgehead atoms. The van der Waals surface area contributed by atoms with Crippen LogP contribution in [0.1, 0.15) is 37.3 Å². The van der Waals surface area contributed by atoms with Gasteiger partial charge in [0.1, 0.15) is 5.75 Å². The molecule has 1 fully saturated rings. The Morgan fingerprint density at radius 2 is 2.08 bits per heavy atom. The van der Waals surface area contributed by atoms with E-state index in [0.717, 1.165) is 47.3 Å². The highest BCUT2D eigenvalue weighted by molar-refractivity contribution is 9.10. The number of carbonyl (C=O) groups excluding carboxylic acids is 1. The molecule has 1 saturated carbocycles. The maximum Gasteiger partial charge on any atom is 0.309 e.